The van der Waals surface area contributed by atoms with E-state index in [1.54, 1.807) is 23.6 Å². The molecule has 110 valence electrons. The van der Waals surface area contributed by atoms with Crippen LogP contribution in [-0.2, 0) is 4.79 Å². The van der Waals surface area contributed by atoms with Gasteiger partial charge in [0.15, 0.2) is 0 Å². The normalized spacial score (nSPS) is 15.9. The second-order valence-corrected chi connectivity index (χ2v) is 5.50. The zero-order chi connectivity index (χ0) is 15.1. The molecule has 1 saturated carbocycles. The van der Waals surface area contributed by atoms with Gasteiger partial charge in [0.2, 0.25) is 5.91 Å². The zero-order valence-electron chi connectivity index (χ0n) is 12.0. The highest BCUT2D eigenvalue weighted by atomic mass is 16.4. The van der Waals surface area contributed by atoms with Crippen molar-refractivity contribution in [3.8, 4) is 0 Å². The third kappa shape index (κ3) is 2.49. The molecule has 1 aromatic carbocycles. The van der Waals surface area contributed by atoms with Gasteiger partial charge in [-0.3, -0.25) is 4.79 Å². The Labute approximate surface area is 121 Å². The van der Waals surface area contributed by atoms with E-state index < -0.39 is 12.0 Å². The third-order valence-electron chi connectivity index (χ3n) is 3.80. The van der Waals surface area contributed by atoms with Crippen molar-refractivity contribution in [1.82, 2.24) is 14.9 Å². The molecule has 1 heterocycles. The highest BCUT2D eigenvalue weighted by Gasteiger charge is 2.27. The summed E-state index contributed by atoms with van der Waals surface area (Å²) in [5.41, 5.74) is 1.56. The molecule has 1 aromatic heterocycles. The van der Waals surface area contributed by atoms with Crippen molar-refractivity contribution in [2.24, 2.45) is 0 Å². The van der Waals surface area contributed by atoms with E-state index in [1.807, 2.05) is 6.92 Å². The Bertz CT molecular complexity index is 731. The van der Waals surface area contributed by atoms with Crippen LogP contribution in [-0.4, -0.2) is 32.6 Å². The summed E-state index contributed by atoms with van der Waals surface area (Å²) in [5.74, 6) is -0.344. The second-order valence-electron chi connectivity index (χ2n) is 5.50. The van der Waals surface area contributed by atoms with Crippen LogP contribution in [0.5, 0.6) is 0 Å². The number of carboxylic acid groups (broad SMARTS) is 1. The van der Waals surface area contributed by atoms with Crippen molar-refractivity contribution in [3.05, 3.63) is 29.6 Å². The smallest absolute Gasteiger partial charge is 0.335 e. The maximum atomic E-state index is 12.2. The Morgan fingerprint density at radius 3 is 2.76 bits per heavy atom. The minimum atomic E-state index is -0.989. The number of nitrogens with one attached hydrogen (secondary N) is 1. The summed E-state index contributed by atoms with van der Waals surface area (Å²) >= 11 is 0. The number of hydrogen-bond acceptors (Lipinski definition) is 3. The summed E-state index contributed by atoms with van der Waals surface area (Å²) in [4.78, 5) is 27.7. The Morgan fingerprint density at radius 1 is 1.43 bits per heavy atom. The van der Waals surface area contributed by atoms with Gasteiger partial charge in [-0.25, -0.2) is 9.78 Å². The summed E-state index contributed by atoms with van der Waals surface area (Å²) in [6, 6.07) is 4.65. The Morgan fingerprint density at radius 2 is 2.14 bits per heavy atom. The number of nitrogens with zero attached hydrogens (tertiary/aromatic N) is 2. The summed E-state index contributed by atoms with van der Waals surface area (Å²) in [5, 5.41) is 12.1. The Hall–Kier alpha value is -2.37. The number of amides is 1. The highest BCUT2D eigenvalue weighted by Crippen LogP contribution is 2.24. The number of imidazole rings is 1. The van der Waals surface area contributed by atoms with Crippen LogP contribution in [0, 0.1) is 6.92 Å². The van der Waals surface area contributed by atoms with Gasteiger partial charge in [0, 0.05) is 6.04 Å². The molecule has 3 rings (SSSR count). The monoisotopic (exact) mass is 287 g/mol. The largest absolute Gasteiger partial charge is 0.478 e. The second kappa shape index (κ2) is 4.87. The first-order chi connectivity index (χ1) is 9.97. The number of fused-ring (bicyclic) bond motifs is 1. The maximum absolute atomic E-state index is 12.2. The average molecular weight is 287 g/mol. The summed E-state index contributed by atoms with van der Waals surface area (Å²) < 4.78 is 1.79. The van der Waals surface area contributed by atoms with E-state index in [0.717, 1.165) is 12.8 Å². The number of carbonyl (C=O) groups is 2. The van der Waals surface area contributed by atoms with Gasteiger partial charge in [-0.05, 0) is 44.9 Å². The molecular formula is C15H17N3O3. The number of carbonyl (C=O) groups excluding carboxylic acids is 1. The zero-order valence-corrected chi connectivity index (χ0v) is 12.0. The summed E-state index contributed by atoms with van der Waals surface area (Å²) in [7, 11) is 0. The van der Waals surface area contributed by atoms with Crippen LogP contribution in [0.2, 0.25) is 0 Å². The first kappa shape index (κ1) is 13.6. The molecule has 1 aliphatic carbocycles. The quantitative estimate of drug-likeness (QED) is 0.899. The lowest BCUT2D eigenvalue weighted by atomic mass is 10.2. The van der Waals surface area contributed by atoms with Crippen LogP contribution >= 0.6 is 0 Å². The predicted octanol–water partition coefficient (Wildman–Crippen LogP) is 1.88. The van der Waals surface area contributed by atoms with E-state index in [9.17, 15) is 9.59 Å². The molecule has 2 N–H and O–H groups in total. The van der Waals surface area contributed by atoms with Crippen molar-refractivity contribution >= 4 is 22.9 Å². The molecule has 6 heteroatoms. The van der Waals surface area contributed by atoms with E-state index in [1.165, 1.54) is 6.07 Å². The van der Waals surface area contributed by atoms with Crippen molar-refractivity contribution < 1.29 is 14.7 Å². The van der Waals surface area contributed by atoms with E-state index in [4.69, 9.17) is 5.11 Å². The van der Waals surface area contributed by atoms with Gasteiger partial charge in [0.25, 0.3) is 0 Å². The molecule has 0 aliphatic heterocycles. The van der Waals surface area contributed by atoms with Crippen LogP contribution in [0.15, 0.2) is 18.2 Å². The number of benzene rings is 1. The average Bonchev–Trinajstić information content (AvgIpc) is 3.17. The van der Waals surface area contributed by atoms with Crippen LogP contribution < -0.4 is 5.32 Å². The van der Waals surface area contributed by atoms with Gasteiger partial charge in [-0.15, -0.1) is 0 Å². The summed E-state index contributed by atoms with van der Waals surface area (Å²) in [6.45, 7) is 3.63. The Kier molecular flexibility index (Phi) is 3.16. The molecule has 0 spiro atoms. The molecule has 1 atom stereocenters. The molecule has 0 saturated heterocycles. The maximum Gasteiger partial charge on any atom is 0.335 e. The fourth-order valence-corrected chi connectivity index (χ4v) is 2.50. The minimum Gasteiger partial charge on any atom is -0.478 e. The molecule has 1 fully saturated rings. The first-order valence-electron chi connectivity index (χ1n) is 6.99. The lowest BCUT2D eigenvalue weighted by molar-refractivity contribution is -0.123. The number of hydrogen-bond donors (Lipinski definition) is 2. The molecule has 0 radical (unpaired) electrons. The van der Waals surface area contributed by atoms with E-state index >= 15 is 0 Å². The minimum absolute atomic E-state index is 0.0550. The Balaban J connectivity index is 2.02. The van der Waals surface area contributed by atoms with Crippen molar-refractivity contribution in [3.63, 3.8) is 0 Å². The van der Waals surface area contributed by atoms with Gasteiger partial charge in [0.1, 0.15) is 11.9 Å². The van der Waals surface area contributed by atoms with Crippen molar-refractivity contribution in [2.45, 2.75) is 38.8 Å². The van der Waals surface area contributed by atoms with Crippen LogP contribution in [0.3, 0.4) is 0 Å². The fourth-order valence-electron chi connectivity index (χ4n) is 2.50. The van der Waals surface area contributed by atoms with Crippen molar-refractivity contribution in [2.75, 3.05) is 0 Å². The number of aromatic carboxylic acids is 1. The summed E-state index contributed by atoms with van der Waals surface area (Å²) in [6.07, 6.45) is 2.07. The topological polar surface area (TPSA) is 84.2 Å². The van der Waals surface area contributed by atoms with Crippen molar-refractivity contribution in [1.29, 1.82) is 0 Å². The number of aromatic nitrogens is 2. The molecule has 2 aromatic rings. The predicted molar refractivity (Wildman–Crippen MR) is 77.3 cm³/mol. The molecule has 21 heavy (non-hydrogen) atoms. The molecule has 1 aliphatic rings. The van der Waals surface area contributed by atoms with E-state index in [0.29, 0.717) is 22.9 Å². The molecule has 1 amide bonds. The highest BCUT2D eigenvalue weighted by molar-refractivity contribution is 5.93. The SMILES string of the molecule is Cc1nc2ccc(C(=O)O)cc2n1C(C)C(=O)NC1CC1. The molecule has 6 nitrogen and oxygen atoms in total. The number of aryl methyl sites for hydroxylation is 1. The molecule has 1 unspecified atom stereocenters. The van der Waals surface area contributed by atoms with Gasteiger partial charge >= 0.3 is 5.97 Å². The van der Waals surface area contributed by atoms with Gasteiger partial charge < -0.3 is 15.0 Å². The third-order valence-corrected chi connectivity index (χ3v) is 3.80. The number of rotatable bonds is 4. The molecular weight excluding hydrogens is 270 g/mol. The van der Waals surface area contributed by atoms with Crippen LogP contribution in [0.25, 0.3) is 11.0 Å². The molecule has 0 bridgehead atoms. The standard InChI is InChI=1S/C15H17N3O3/c1-8(14(19)17-11-4-5-11)18-9(2)16-12-6-3-10(15(20)21)7-13(12)18/h3,6-8,11H,4-5H2,1-2H3,(H,17,19)(H,20,21). The number of carboxylic acids is 1. The van der Waals surface area contributed by atoms with Gasteiger partial charge in [-0.1, -0.05) is 0 Å². The van der Waals surface area contributed by atoms with E-state index in [-0.39, 0.29) is 11.5 Å². The van der Waals surface area contributed by atoms with Gasteiger partial charge in [0.05, 0.1) is 16.6 Å². The van der Waals surface area contributed by atoms with Crippen LogP contribution in [0.4, 0.5) is 0 Å². The van der Waals surface area contributed by atoms with Gasteiger partial charge in [-0.2, -0.15) is 0 Å². The van der Waals surface area contributed by atoms with E-state index in [2.05, 4.69) is 10.3 Å². The lowest BCUT2D eigenvalue weighted by Gasteiger charge is -2.16. The fraction of sp³-hybridized carbons (Fsp3) is 0.400. The lowest BCUT2D eigenvalue weighted by Crippen LogP contribution is -2.32. The first-order valence-corrected chi connectivity index (χ1v) is 6.99. The van der Waals surface area contributed by atoms with Crippen LogP contribution in [0.1, 0.15) is 42.0 Å².